The number of Topliss-reactive ketones (excluding diaryl/α,β-unsaturated/α-hetero) is 1. The van der Waals surface area contributed by atoms with Gasteiger partial charge in [0.15, 0.2) is 5.78 Å². The molecule has 21 heavy (non-hydrogen) atoms. The van der Waals surface area contributed by atoms with Gasteiger partial charge in [0.2, 0.25) is 0 Å². The van der Waals surface area contributed by atoms with Gasteiger partial charge in [-0.25, -0.2) is 4.98 Å². The average molecular weight is 273 g/mol. The van der Waals surface area contributed by atoms with Crippen LogP contribution in [0.25, 0.3) is 10.9 Å². The van der Waals surface area contributed by atoms with Gasteiger partial charge in [-0.05, 0) is 30.0 Å². The molecule has 2 aromatic carbocycles. The van der Waals surface area contributed by atoms with Crippen molar-refractivity contribution in [3.63, 3.8) is 0 Å². The van der Waals surface area contributed by atoms with Crippen LogP contribution in [0.4, 0.5) is 0 Å². The van der Waals surface area contributed by atoms with E-state index in [2.05, 4.69) is 17.1 Å². The summed E-state index contributed by atoms with van der Waals surface area (Å²) in [6.07, 6.45) is 0.942. The maximum Gasteiger partial charge on any atom is 0.184 e. The highest BCUT2D eigenvalue weighted by Crippen LogP contribution is 2.48. The van der Waals surface area contributed by atoms with Gasteiger partial charge in [-0.15, -0.1) is 0 Å². The standard InChI is InChI=1S/C19H15NO/c21-19(16-12-15(16)13-6-2-1-3-7-13)18-11-10-14-8-4-5-9-17(14)20-18/h1-11,15-16H,12H2. The normalized spacial score (nSPS) is 20.4. The van der Waals surface area contributed by atoms with E-state index in [0.29, 0.717) is 11.6 Å². The summed E-state index contributed by atoms with van der Waals surface area (Å²) < 4.78 is 0. The minimum atomic E-state index is 0.0982. The Labute approximate surface area is 123 Å². The van der Waals surface area contributed by atoms with Gasteiger partial charge in [-0.1, -0.05) is 54.6 Å². The summed E-state index contributed by atoms with van der Waals surface area (Å²) in [4.78, 5) is 17.1. The molecular weight excluding hydrogens is 258 g/mol. The Hall–Kier alpha value is -2.48. The number of benzene rings is 2. The molecule has 102 valence electrons. The lowest BCUT2D eigenvalue weighted by molar-refractivity contribution is 0.0960. The van der Waals surface area contributed by atoms with Crippen molar-refractivity contribution in [3.05, 3.63) is 78.0 Å². The molecule has 1 aliphatic rings. The zero-order chi connectivity index (χ0) is 14.2. The smallest absolute Gasteiger partial charge is 0.184 e. The monoisotopic (exact) mass is 273 g/mol. The lowest BCUT2D eigenvalue weighted by atomic mass is 10.1. The van der Waals surface area contributed by atoms with Crippen molar-refractivity contribution < 1.29 is 4.79 Å². The highest BCUT2D eigenvalue weighted by molar-refractivity contribution is 6.00. The molecule has 0 radical (unpaired) electrons. The summed E-state index contributed by atoms with van der Waals surface area (Å²) in [6, 6.07) is 22.0. The van der Waals surface area contributed by atoms with Gasteiger partial charge < -0.3 is 0 Å². The van der Waals surface area contributed by atoms with Crippen molar-refractivity contribution in [2.45, 2.75) is 12.3 Å². The number of para-hydroxylation sites is 1. The highest BCUT2D eigenvalue weighted by Gasteiger charge is 2.44. The van der Waals surface area contributed by atoms with Gasteiger partial charge in [0.25, 0.3) is 0 Å². The maximum atomic E-state index is 12.6. The zero-order valence-electron chi connectivity index (χ0n) is 11.6. The van der Waals surface area contributed by atoms with Crippen LogP contribution in [-0.2, 0) is 0 Å². The van der Waals surface area contributed by atoms with Crippen molar-refractivity contribution in [1.82, 2.24) is 4.98 Å². The van der Waals surface area contributed by atoms with Crippen LogP contribution in [0.3, 0.4) is 0 Å². The van der Waals surface area contributed by atoms with Gasteiger partial charge in [0, 0.05) is 11.3 Å². The van der Waals surface area contributed by atoms with Crippen molar-refractivity contribution in [1.29, 1.82) is 0 Å². The second-order valence-corrected chi connectivity index (χ2v) is 5.61. The molecular formula is C19H15NO. The summed E-state index contributed by atoms with van der Waals surface area (Å²) in [5, 5.41) is 1.07. The zero-order valence-corrected chi connectivity index (χ0v) is 11.6. The van der Waals surface area contributed by atoms with Crippen LogP contribution >= 0.6 is 0 Å². The molecule has 0 spiro atoms. The lowest BCUT2D eigenvalue weighted by Crippen LogP contribution is -2.05. The van der Waals surface area contributed by atoms with Crippen LogP contribution in [0.1, 0.15) is 28.4 Å². The molecule has 2 unspecified atom stereocenters. The number of hydrogen-bond acceptors (Lipinski definition) is 2. The molecule has 4 rings (SSSR count). The van der Waals surface area contributed by atoms with E-state index in [4.69, 9.17) is 0 Å². The summed E-state index contributed by atoms with van der Waals surface area (Å²) >= 11 is 0. The summed E-state index contributed by atoms with van der Waals surface area (Å²) in [5.41, 5.74) is 2.74. The molecule has 0 bridgehead atoms. The number of fused-ring (bicyclic) bond motifs is 1. The van der Waals surface area contributed by atoms with Crippen molar-refractivity contribution in [3.8, 4) is 0 Å². The summed E-state index contributed by atoms with van der Waals surface area (Å²) in [7, 11) is 0. The molecule has 1 fully saturated rings. The molecule has 1 heterocycles. The van der Waals surface area contributed by atoms with Gasteiger partial charge in [-0.3, -0.25) is 4.79 Å². The first-order valence-electron chi connectivity index (χ1n) is 7.28. The number of aromatic nitrogens is 1. The summed E-state index contributed by atoms with van der Waals surface area (Å²) in [5.74, 6) is 0.641. The Morgan fingerprint density at radius 2 is 1.67 bits per heavy atom. The molecule has 1 aliphatic carbocycles. The third-order valence-corrected chi connectivity index (χ3v) is 4.21. The van der Waals surface area contributed by atoms with E-state index in [1.165, 1.54) is 5.56 Å². The quantitative estimate of drug-likeness (QED) is 0.669. The molecule has 0 saturated heterocycles. The van der Waals surface area contributed by atoms with Crippen LogP contribution in [0.2, 0.25) is 0 Å². The number of ketones is 1. The molecule has 0 aliphatic heterocycles. The van der Waals surface area contributed by atoms with Crippen LogP contribution in [0.15, 0.2) is 66.7 Å². The molecule has 2 nitrogen and oxygen atoms in total. The SMILES string of the molecule is O=C(c1ccc2ccccc2n1)C1CC1c1ccccc1. The summed E-state index contributed by atoms with van der Waals surface area (Å²) in [6.45, 7) is 0. The number of nitrogens with zero attached hydrogens (tertiary/aromatic N) is 1. The van der Waals surface area contributed by atoms with Crippen LogP contribution < -0.4 is 0 Å². The number of rotatable bonds is 3. The fourth-order valence-corrected chi connectivity index (χ4v) is 2.95. The first-order valence-corrected chi connectivity index (χ1v) is 7.28. The second-order valence-electron chi connectivity index (χ2n) is 5.61. The number of carbonyl (C=O) groups excluding carboxylic acids is 1. The fraction of sp³-hybridized carbons (Fsp3) is 0.158. The van der Waals surface area contributed by atoms with Gasteiger partial charge in [0.1, 0.15) is 5.69 Å². The molecule has 2 heteroatoms. The van der Waals surface area contributed by atoms with Gasteiger partial charge in [-0.2, -0.15) is 0 Å². The Morgan fingerprint density at radius 3 is 2.52 bits per heavy atom. The Kier molecular flexibility index (Phi) is 2.81. The van der Waals surface area contributed by atoms with Crippen LogP contribution in [0.5, 0.6) is 0 Å². The molecule has 1 saturated carbocycles. The van der Waals surface area contributed by atoms with Gasteiger partial charge in [0.05, 0.1) is 5.52 Å². The van der Waals surface area contributed by atoms with E-state index in [0.717, 1.165) is 17.3 Å². The first-order chi connectivity index (χ1) is 10.3. The van der Waals surface area contributed by atoms with E-state index in [-0.39, 0.29) is 11.7 Å². The Morgan fingerprint density at radius 1 is 0.905 bits per heavy atom. The minimum Gasteiger partial charge on any atom is -0.292 e. The second kappa shape index (κ2) is 4.81. The molecule has 3 aromatic rings. The first kappa shape index (κ1) is 12.3. The minimum absolute atomic E-state index is 0.0982. The van der Waals surface area contributed by atoms with Crippen LogP contribution in [0, 0.1) is 5.92 Å². The molecule has 2 atom stereocenters. The predicted molar refractivity (Wildman–Crippen MR) is 83.4 cm³/mol. The number of pyridine rings is 1. The Balaban J connectivity index is 1.60. The van der Waals surface area contributed by atoms with Gasteiger partial charge >= 0.3 is 0 Å². The van der Waals surface area contributed by atoms with Crippen molar-refractivity contribution in [2.24, 2.45) is 5.92 Å². The maximum absolute atomic E-state index is 12.6. The molecule has 0 amide bonds. The Bertz CT molecular complexity index is 810. The average Bonchev–Trinajstić information content (AvgIpc) is 3.35. The topological polar surface area (TPSA) is 30.0 Å². The molecule has 1 aromatic heterocycles. The van der Waals surface area contributed by atoms with E-state index in [1.54, 1.807) is 0 Å². The van der Waals surface area contributed by atoms with Crippen molar-refractivity contribution in [2.75, 3.05) is 0 Å². The third kappa shape index (κ3) is 2.23. The number of carbonyl (C=O) groups is 1. The van der Waals surface area contributed by atoms with Crippen molar-refractivity contribution >= 4 is 16.7 Å². The highest BCUT2D eigenvalue weighted by atomic mass is 16.1. The van der Waals surface area contributed by atoms with E-state index >= 15 is 0 Å². The molecule has 0 N–H and O–H groups in total. The predicted octanol–water partition coefficient (Wildman–Crippen LogP) is 4.22. The van der Waals surface area contributed by atoms with E-state index in [9.17, 15) is 4.79 Å². The van der Waals surface area contributed by atoms with E-state index in [1.807, 2.05) is 54.6 Å². The lowest BCUT2D eigenvalue weighted by Gasteiger charge is -2.02. The largest absolute Gasteiger partial charge is 0.292 e. The fourth-order valence-electron chi connectivity index (χ4n) is 2.95. The van der Waals surface area contributed by atoms with E-state index < -0.39 is 0 Å². The van der Waals surface area contributed by atoms with Crippen LogP contribution in [-0.4, -0.2) is 10.8 Å². The number of hydrogen-bond donors (Lipinski definition) is 0. The third-order valence-electron chi connectivity index (χ3n) is 4.21.